The molecule has 1 fully saturated rings. The highest BCUT2D eigenvalue weighted by Gasteiger charge is 2.29. The van der Waals surface area contributed by atoms with Crippen molar-refractivity contribution in [2.75, 3.05) is 0 Å². The van der Waals surface area contributed by atoms with Gasteiger partial charge in [-0.05, 0) is 70.2 Å². The average Bonchev–Trinajstić information content (AvgIpc) is 2.76. The summed E-state index contributed by atoms with van der Waals surface area (Å²) >= 11 is 0. The minimum absolute atomic E-state index is 0.0353. The summed E-state index contributed by atoms with van der Waals surface area (Å²) in [4.78, 5) is 28.4. The van der Waals surface area contributed by atoms with Crippen molar-refractivity contribution in [3.63, 3.8) is 0 Å². The Morgan fingerprint density at radius 2 is 1.72 bits per heavy atom. The van der Waals surface area contributed by atoms with Crippen LogP contribution < -0.4 is 10.1 Å². The molecule has 0 unspecified atom stereocenters. The van der Waals surface area contributed by atoms with Crippen LogP contribution in [0.2, 0.25) is 0 Å². The Hall–Kier alpha value is -3.09. The van der Waals surface area contributed by atoms with Crippen LogP contribution in [0, 0.1) is 5.92 Å². The Labute approximate surface area is 189 Å². The summed E-state index contributed by atoms with van der Waals surface area (Å²) in [6.45, 7) is 6.19. The van der Waals surface area contributed by atoms with Gasteiger partial charge in [-0.1, -0.05) is 18.2 Å². The molecule has 1 aromatic heterocycles. The van der Waals surface area contributed by atoms with E-state index in [1.54, 1.807) is 12.4 Å². The number of hydrogen-bond acceptors (Lipinski definition) is 6. The van der Waals surface area contributed by atoms with E-state index >= 15 is 0 Å². The fraction of sp³-hybridized carbons (Fsp3) is 0.480. The Morgan fingerprint density at radius 3 is 2.34 bits per heavy atom. The highest BCUT2D eigenvalue weighted by molar-refractivity contribution is 5.72. The number of hydrogen-bond donors (Lipinski definition) is 1. The maximum Gasteiger partial charge on any atom is 0.407 e. The number of carbonyl (C=O) groups excluding carboxylic acids is 2. The first-order valence-corrected chi connectivity index (χ1v) is 11.1. The van der Waals surface area contributed by atoms with Gasteiger partial charge in [-0.15, -0.1) is 0 Å². The van der Waals surface area contributed by atoms with E-state index in [-0.39, 0.29) is 24.5 Å². The quantitative estimate of drug-likeness (QED) is 0.623. The van der Waals surface area contributed by atoms with Crippen molar-refractivity contribution in [2.24, 2.45) is 5.92 Å². The summed E-state index contributed by atoms with van der Waals surface area (Å²) < 4.78 is 16.6. The molecule has 0 atom stereocenters. The third kappa shape index (κ3) is 7.87. The van der Waals surface area contributed by atoms with Gasteiger partial charge in [-0.2, -0.15) is 0 Å². The summed E-state index contributed by atoms with van der Waals surface area (Å²) in [6, 6.07) is 11.4. The topological polar surface area (TPSA) is 86.8 Å². The number of rotatable bonds is 7. The minimum atomic E-state index is -0.519. The predicted molar refractivity (Wildman–Crippen MR) is 120 cm³/mol. The van der Waals surface area contributed by atoms with E-state index < -0.39 is 11.7 Å². The summed E-state index contributed by atoms with van der Waals surface area (Å²) in [6.07, 6.45) is 5.96. The van der Waals surface area contributed by atoms with Crippen molar-refractivity contribution in [1.29, 1.82) is 0 Å². The van der Waals surface area contributed by atoms with Crippen LogP contribution in [0.15, 0.2) is 48.8 Å². The SMILES string of the molecule is CC(C)(C)OC(=O)NC1CCC(C(=O)OCc2ccc(OCc3cccnc3)cc2)CC1. The molecule has 1 aromatic carbocycles. The van der Waals surface area contributed by atoms with Crippen molar-refractivity contribution in [3.05, 3.63) is 59.9 Å². The van der Waals surface area contributed by atoms with Gasteiger partial charge in [-0.25, -0.2) is 4.79 Å². The van der Waals surface area contributed by atoms with Crippen molar-refractivity contribution in [2.45, 2.75) is 71.3 Å². The molecule has 1 saturated carbocycles. The fourth-order valence-electron chi connectivity index (χ4n) is 3.55. The monoisotopic (exact) mass is 440 g/mol. The second-order valence-corrected chi connectivity index (χ2v) is 9.10. The van der Waals surface area contributed by atoms with E-state index in [1.807, 2.05) is 57.2 Å². The molecule has 1 aliphatic carbocycles. The number of esters is 1. The van der Waals surface area contributed by atoms with E-state index in [9.17, 15) is 9.59 Å². The van der Waals surface area contributed by atoms with E-state index in [0.29, 0.717) is 19.4 Å². The van der Waals surface area contributed by atoms with E-state index in [0.717, 1.165) is 29.7 Å². The molecule has 7 heteroatoms. The van der Waals surface area contributed by atoms with Crippen LogP contribution in [0.3, 0.4) is 0 Å². The average molecular weight is 441 g/mol. The molecule has 1 amide bonds. The van der Waals surface area contributed by atoms with Gasteiger partial charge in [0.05, 0.1) is 5.92 Å². The van der Waals surface area contributed by atoms with Gasteiger partial charge in [-0.3, -0.25) is 9.78 Å². The van der Waals surface area contributed by atoms with Gasteiger partial charge in [0.1, 0.15) is 24.6 Å². The number of aromatic nitrogens is 1. The zero-order valence-corrected chi connectivity index (χ0v) is 19.0. The minimum Gasteiger partial charge on any atom is -0.489 e. The van der Waals surface area contributed by atoms with Crippen molar-refractivity contribution in [1.82, 2.24) is 10.3 Å². The van der Waals surface area contributed by atoms with Gasteiger partial charge < -0.3 is 19.5 Å². The lowest BCUT2D eigenvalue weighted by Crippen LogP contribution is -2.41. The molecule has 0 saturated heterocycles. The molecular formula is C25H32N2O5. The molecule has 0 spiro atoms. The number of ether oxygens (including phenoxy) is 3. The van der Waals surface area contributed by atoms with Gasteiger partial charge in [0.25, 0.3) is 0 Å². The number of alkyl carbamates (subject to hydrolysis) is 1. The lowest BCUT2D eigenvalue weighted by atomic mass is 9.86. The molecule has 3 rings (SSSR count). The summed E-state index contributed by atoms with van der Waals surface area (Å²) in [7, 11) is 0. The first-order chi connectivity index (χ1) is 15.3. The normalized spacial score (nSPS) is 18.5. The second-order valence-electron chi connectivity index (χ2n) is 9.10. The molecule has 1 heterocycles. The molecule has 32 heavy (non-hydrogen) atoms. The van der Waals surface area contributed by atoms with Gasteiger partial charge in [0.15, 0.2) is 0 Å². The molecule has 0 aliphatic heterocycles. The van der Waals surface area contributed by atoms with E-state index in [2.05, 4.69) is 10.3 Å². The van der Waals surface area contributed by atoms with Crippen LogP contribution in [-0.4, -0.2) is 28.7 Å². The molecule has 0 bridgehead atoms. The molecule has 172 valence electrons. The summed E-state index contributed by atoms with van der Waals surface area (Å²) in [5, 5.41) is 2.89. The lowest BCUT2D eigenvalue weighted by Gasteiger charge is -2.29. The van der Waals surface area contributed by atoms with E-state index in [1.165, 1.54) is 0 Å². The summed E-state index contributed by atoms with van der Waals surface area (Å²) in [5.41, 5.74) is 1.39. The first-order valence-electron chi connectivity index (χ1n) is 11.1. The highest BCUT2D eigenvalue weighted by atomic mass is 16.6. The Kier molecular flexibility index (Phi) is 8.09. The van der Waals surface area contributed by atoms with E-state index in [4.69, 9.17) is 14.2 Å². The van der Waals surface area contributed by atoms with Crippen LogP contribution in [0.25, 0.3) is 0 Å². The van der Waals surface area contributed by atoms with Crippen LogP contribution in [-0.2, 0) is 27.5 Å². The maximum atomic E-state index is 12.4. The number of amides is 1. The molecule has 7 nitrogen and oxygen atoms in total. The second kappa shape index (κ2) is 11.0. The van der Waals surface area contributed by atoms with Crippen molar-refractivity contribution >= 4 is 12.1 Å². The third-order valence-electron chi connectivity index (χ3n) is 5.21. The molecular weight excluding hydrogens is 408 g/mol. The number of nitrogens with one attached hydrogen (secondary N) is 1. The molecule has 1 aliphatic rings. The zero-order chi connectivity index (χ0) is 23.0. The third-order valence-corrected chi connectivity index (χ3v) is 5.21. The zero-order valence-electron chi connectivity index (χ0n) is 19.0. The fourth-order valence-corrected chi connectivity index (χ4v) is 3.55. The largest absolute Gasteiger partial charge is 0.489 e. The first kappa shape index (κ1) is 23.6. The smallest absolute Gasteiger partial charge is 0.407 e. The Balaban J connectivity index is 1.36. The molecule has 0 radical (unpaired) electrons. The summed E-state index contributed by atoms with van der Waals surface area (Å²) in [5.74, 6) is 0.436. The Bertz CT molecular complexity index is 869. The standard InChI is InChI=1S/C25H32N2O5/c1-25(2,3)32-24(29)27-21-10-8-20(9-11-21)23(28)31-16-18-6-12-22(13-7-18)30-17-19-5-4-14-26-15-19/h4-7,12-15,20-21H,8-11,16-17H2,1-3H3,(H,27,29). The van der Waals surface area contributed by atoms with Crippen LogP contribution in [0.4, 0.5) is 4.79 Å². The van der Waals surface area contributed by atoms with Crippen LogP contribution in [0.5, 0.6) is 5.75 Å². The molecule has 1 N–H and O–H groups in total. The number of nitrogens with zero attached hydrogens (tertiary/aromatic N) is 1. The van der Waals surface area contributed by atoms with Gasteiger partial charge >= 0.3 is 12.1 Å². The number of carbonyl (C=O) groups is 2. The predicted octanol–water partition coefficient (Wildman–Crippen LogP) is 4.79. The van der Waals surface area contributed by atoms with Crippen LogP contribution in [0.1, 0.15) is 57.6 Å². The number of pyridine rings is 1. The van der Waals surface area contributed by atoms with Gasteiger partial charge in [0.2, 0.25) is 0 Å². The lowest BCUT2D eigenvalue weighted by molar-refractivity contribution is -0.151. The van der Waals surface area contributed by atoms with Crippen LogP contribution >= 0.6 is 0 Å². The highest BCUT2D eigenvalue weighted by Crippen LogP contribution is 2.26. The number of benzene rings is 1. The van der Waals surface area contributed by atoms with Crippen molar-refractivity contribution < 1.29 is 23.8 Å². The molecule has 2 aromatic rings. The maximum absolute atomic E-state index is 12.4. The Morgan fingerprint density at radius 1 is 1.00 bits per heavy atom. The van der Waals surface area contributed by atoms with Gasteiger partial charge in [0, 0.05) is 24.0 Å². The van der Waals surface area contributed by atoms with Crippen molar-refractivity contribution in [3.8, 4) is 5.75 Å².